The molecule has 0 bridgehead atoms. The minimum Gasteiger partial charge on any atom is -0.383 e. The lowest BCUT2D eigenvalue weighted by molar-refractivity contribution is 0.0711. The van der Waals surface area contributed by atoms with Gasteiger partial charge in [-0.3, -0.25) is 0 Å². The fraction of sp³-hybridized carbons (Fsp3) is 0.667. The average molecular weight is 440 g/mol. The number of hydrogen-bond donors (Lipinski definition) is 3. The summed E-state index contributed by atoms with van der Waals surface area (Å²) in [4.78, 5) is 7.67. The van der Waals surface area contributed by atoms with Crippen molar-refractivity contribution in [3.05, 3.63) is 22.4 Å². The predicted octanol–water partition coefficient (Wildman–Crippen LogP) is 2.08. The molecule has 0 aliphatic heterocycles. The monoisotopic (exact) mass is 440 g/mol. The smallest absolute Gasteiger partial charge is 0.191 e. The third-order valence-corrected chi connectivity index (χ3v) is 4.39. The van der Waals surface area contributed by atoms with Gasteiger partial charge in [-0.15, -0.1) is 35.3 Å². The summed E-state index contributed by atoms with van der Waals surface area (Å²) in [5, 5.41) is 19.0. The minimum atomic E-state index is -0.920. The molecule has 22 heavy (non-hydrogen) atoms. The molecule has 0 amide bonds. The third-order valence-electron chi connectivity index (χ3n) is 3.27. The molecule has 3 N–H and O–H groups in total. The van der Waals surface area contributed by atoms with Crippen molar-refractivity contribution in [1.82, 2.24) is 15.5 Å². The second-order valence-corrected chi connectivity index (χ2v) is 6.22. The highest BCUT2D eigenvalue weighted by atomic mass is 127. The van der Waals surface area contributed by atoms with Crippen molar-refractivity contribution in [1.29, 1.82) is 0 Å². The van der Waals surface area contributed by atoms with Crippen LogP contribution >= 0.6 is 35.3 Å². The van der Waals surface area contributed by atoms with Crippen LogP contribution in [0.1, 0.15) is 25.6 Å². The summed E-state index contributed by atoms with van der Waals surface area (Å²) in [6.07, 6.45) is 0. The molecular formula is C15H29IN4OS. The summed E-state index contributed by atoms with van der Waals surface area (Å²) in [6, 6.07) is 3.89. The van der Waals surface area contributed by atoms with Crippen LogP contribution < -0.4 is 10.6 Å². The van der Waals surface area contributed by atoms with Gasteiger partial charge in [0.05, 0.1) is 6.54 Å². The Morgan fingerprint density at radius 2 is 2.14 bits per heavy atom. The maximum Gasteiger partial charge on any atom is 0.191 e. The minimum absolute atomic E-state index is 0. The molecule has 128 valence electrons. The number of guanidine groups is 1. The molecule has 0 radical (unpaired) electrons. The molecule has 0 aliphatic carbocycles. The topological polar surface area (TPSA) is 59.9 Å². The summed E-state index contributed by atoms with van der Waals surface area (Å²) in [5.74, 6) is 0.749. The van der Waals surface area contributed by atoms with E-state index in [1.54, 1.807) is 18.3 Å². The van der Waals surface area contributed by atoms with Crippen LogP contribution in [0.5, 0.6) is 0 Å². The van der Waals surface area contributed by atoms with Gasteiger partial charge in [-0.1, -0.05) is 13.0 Å². The fourth-order valence-corrected chi connectivity index (χ4v) is 2.54. The molecule has 1 heterocycles. The first kappa shape index (κ1) is 21.6. The van der Waals surface area contributed by atoms with E-state index in [2.05, 4.69) is 34.5 Å². The quantitative estimate of drug-likeness (QED) is 0.329. The number of aliphatic imine (C=N–C) groups is 1. The zero-order chi connectivity index (χ0) is 15.7. The lowest BCUT2D eigenvalue weighted by atomic mass is 10.1. The first-order valence-electron chi connectivity index (χ1n) is 7.46. The van der Waals surface area contributed by atoms with Gasteiger partial charge in [0.2, 0.25) is 0 Å². The predicted molar refractivity (Wildman–Crippen MR) is 106 cm³/mol. The highest BCUT2D eigenvalue weighted by Crippen LogP contribution is 2.25. The Hall–Kier alpha value is -0.380. The van der Waals surface area contributed by atoms with E-state index < -0.39 is 5.60 Å². The SMILES string of the molecule is CCNC(=NCC(C)(O)c1cccs1)NCCN(C)CC.I. The summed E-state index contributed by atoms with van der Waals surface area (Å²) in [6.45, 7) is 9.94. The van der Waals surface area contributed by atoms with Gasteiger partial charge in [0.15, 0.2) is 5.96 Å². The lowest BCUT2D eigenvalue weighted by Crippen LogP contribution is -2.41. The maximum atomic E-state index is 10.5. The highest BCUT2D eigenvalue weighted by molar-refractivity contribution is 14.0. The molecule has 0 saturated carbocycles. The fourth-order valence-electron chi connectivity index (χ4n) is 1.76. The van der Waals surface area contributed by atoms with Crippen LogP contribution in [0.4, 0.5) is 0 Å². The third kappa shape index (κ3) is 7.75. The second-order valence-electron chi connectivity index (χ2n) is 5.27. The Morgan fingerprint density at radius 3 is 2.68 bits per heavy atom. The number of hydrogen-bond acceptors (Lipinski definition) is 4. The Labute approximate surface area is 155 Å². The van der Waals surface area contributed by atoms with E-state index in [-0.39, 0.29) is 24.0 Å². The molecule has 1 aromatic heterocycles. The second kappa shape index (κ2) is 11.2. The van der Waals surface area contributed by atoms with Gasteiger partial charge in [-0.05, 0) is 38.9 Å². The summed E-state index contributed by atoms with van der Waals surface area (Å²) in [5.41, 5.74) is -0.920. The highest BCUT2D eigenvalue weighted by Gasteiger charge is 2.23. The van der Waals surface area contributed by atoms with E-state index in [9.17, 15) is 5.11 Å². The van der Waals surface area contributed by atoms with Crippen molar-refractivity contribution in [3.8, 4) is 0 Å². The van der Waals surface area contributed by atoms with E-state index in [0.29, 0.717) is 6.54 Å². The summed E-state index contributed by atoms with van der Waals surface area (Å²) < 4.78 is 0. The van der Waals surface area contributed by atoms with Gasteiger partial charge in [0.25, 0.3) is 0 Å². The Bertz CT molecular complexity index is 423. The number of rotatable bonds is 8. The van der Waals surface area contributed by atoms with Crippen LogP contribution in [-0.2, 0) is 5.60 Å². The number of thiophene rings is 1. The van der Waals surface area contributed by atoms with Gasteiger partial charge in [-0.2, -0.15) is 0 Å². The molecular weight excluding hydrogens is 411 g/mol. The molecule has 0 spiro atoms. The van der Waals surface area contributed by atoms with Crippen LogP contribution in [0.25, 0.3) is 0 Å². The lowest BCUT2D eigenvalue weighted by Gasteiger charge is -2.21. The van der Waals surface area contributed by atoms with Gasteiger partial charge in [-0.25, -0.2) is 4.99 Å². The molecule has 1 unspecified atom stereocenters. The van der Waals surface area contributed by atoms with Gasteiger partial charge in [0.1, 0.15) is 5.60 Å². The van der Waals surface area contributed by atoms with E-state index in [0.717, 1.165) is 37.0 Å². The molecule has 7 heteroatoms. The van der Waals surface area contributed by atoms with Crippen molar-refractivity contribution < 1.29 is 5.11 Å². The number of halogens is 1. The van der Waals surface area contributed by atoms with E-state index >= 15 is 0 Å². The number of nitrogens with zero attached hydrogens (tertiary/aromatic N) is 2. The molecule has 1 rings (SSSR count). The zero-order valence-electron chi connectivity index (χ0n) is 13.9. The van der Waals surface area contributed by atoms with Crippen molar-refractivity contribution in [2.75, 3.05) is 39.8 Å². The van der Waals surface area contributed by atoms with Crippen LogP contribution in [-0.4, -0.2) is 55.7 Å². The van der Waals surface area contributed by atoms with Gasteiger partial charge >= 0.3 is 0 Å². The Balaban J connectivity index is 0.00000441. The first-order valence-corrected chi connectivity index (χ1v) is 8.34. The van der Waals surface area contributed by atoms with Crippen molar-refractivity contribution in [2.45, 2.75) is 26.4 Å². The van der Waals surface area contributed by atoms with Crippen molar-refractivity contribution >= 4 is 41.3 Å². The van der Waals surface area contributed by atoms with E-state index in [1.807, 2.05) is 24.4 Å². The average Bonchev–Trinajstić information content (AvgIpc) is 2.99. The normalized spacial score (nSPS) is 14.4. The molecule has 1 aromatic rings. The largest absolute Gasteiger partial charge is 0.383 e. The zero-order valence-corrected chi connectivity index (χ0v) is 17.1. The van der Waals surface area contributed by atoms with Crippen molar-refractivity contribution in [2.24, 2.45) is 4.99 Å². The standard InChI is InChI=1S/C15H28N4OS.HI/c1-5-16-14(17-9-10-19(4)6-2)18-12-15(3,20)13-8-7-11-21-13;/h7-8,11,20H,5-6,9-10,12H2,1-4H3,(H2,16,17,18);1H. The van der Waals surface area contributed by atoms with Crippen LogP contribution in [0.3, 0.4) is 0 Å². The number of nitrogens with one attached hydrogen (secondary N) is 2. The van der Waals surface area contributed by atoms with Crippen LogP contribution in [0.15, 0.2) is 22.5 Å². The molecule has 0 saturated heterocycles. The Kier molecular flexibility index (Phi) is 11.0. The maximum absolute atomic E-state index is 10.5. The van der Waals surface area contributed by atoms with Crippen LogP contribution in [0.2, 0.25) is 0 Å². The van der Waals surface area contributed by atoms with Gasteiger partial charge < -0.3 is 20.6 Å². The molecule has 0 aromatic carbocycles. The molecule has 5 nitrogen and oxygen atoms in total. The molecule has 0 fully saturated rings. The molecule has 0 aliphatic rings. The van der Waals surface area contributed by atoms with Gasteiger partial charge in [0, 0.05) is 24.5 Å². The van der Waals surface area contributed by atoms with E-state index in [1.165, 1.54) is 0 Å². The van der Waals surface area contributed by atoms with Crippen LogP contribution in [0, 0.1) is 0 Å². The number of likely N-dealkylation sites (N-methyl/N-ethyl adjacent to an activating group) is 1. The summed E-state index contributed by atoms with van der Waals surface area (Å²) >= 11 is 1.55. The first-order chi connectivity index (χ1) is 9.99. The van der Waals surface area contributed by atoms with E-state index in [4.69, 9.17) is 0 Å². The number of aliphatic hydroxyl groups is 1. The summed E-state index contributed by atoms with van der Waals surface area (Å²) in [7, 11) is 2.09. The van der Waals surface area contributed by atoms with Crippen molar-refractivity contribution in [3.63, 3.8) is 0 Å². The Morgan fingerprint density at radius 1 is 1.41 bits per heavy atom. The molecule has 1 atom stereocenters.